The number of aromatic nitrogens is 4. The first kappa shape index (κ1) is 23.0. The molecule has 4 aromatic heterocycles. The van der Waals surface area contributed by atoms with Crippen molar-refractivity contribution in [3.8, 4) is 11.1 Å². The lowest BCUT2D eigenvalue weighted by atomic mass is 10.1. The molecule has 9 nitrogen and oxygen atoms in total. The standard InChI is InChI=1S/C20H17N5O2.C2HF3O2/c26-20(17-2-1-11-27-17)24-10-7-16(12-24)19-22-18-4-3-15(13-25(18)23-19)14-5-8-21-9-6-14;3-2(4,5)1(6)7/h1-6,8-9,11,13,16H,7,10,12H2;(H,6,7). The molecule has 0 spiro atoms. The maximum absolute atomic E-state index is 12.4. The number of pyridine rings is 2. The van der Waals surface area contributed by atoms with Gasteiger partial charge in [-0.05, 0) is 48.4 Å². The van der Waals surface area contributed by atoms with Crippen LogP contribution in [0.25, 0.3) is 16.8 Å². The van der Waals surface area contributed by atoms with Crippen molar-refractivity contribution in [2.24, 2.45) is 0 Å². The van der Waals surface area contributed by atoms with Crippen molar-refractivity contribution < 1.29 is 32.3 Å². The van der Waals surface area contributed by atoms with Crippen LogP contribution in [0.4, 0.5) is 13.2 Å². The molecule has 1 aliphatic rings. The maximum atomic E-state index is 12.4. The second-order valence-corrected chi connectivity index (χ2v) is 7.44. The molecule has 0 radical (unpaired) electrons. The Labute approximate surface area is 190 Å². The number of fused-ring (bicyclic) bond motifs is 1. The SMILES string of the molecule is O=C(O)C(F)(F)F.O=C(c1ccco1)N1CCC(c2nc3ccc(-c4ccncc4)cn3n2)C1. The van der Waals surface area contributed by atoms with Gasteiger partial charge >= 0.3 is 12.1 Å². The molecule has 34 heavy (non-hydrogen) atoms. The summed E-state index contributed by atoms with van der Waals surface area (Å²) in [5, 5.41) is 11.8. The van der Waals surface area contributed by atoms with Gasteiger partial charge in [-0.15, -0.1) is 0 Å². The highest BCUT2D eigenvalue weighted by atomic mass is 19.4. The van der Waals surface area contributed by atoms with Crippen molar-refractivity contribution in [2.45, 2.75) is 18.5 Å². The summed E-state index contributed by atoms with van der Waals surface area (Å²) in [5.74, 6) is -1.55. The normalized spacial score (nSPS) is 15.7. The molecule has 1 aliphatic heterocycles. The van der Waals surface area contributed by atoms with Gasteiger partial charge in [0.1, 0.15) is 0 Å². The molecule has 1 amide bonds. The van der Waals surface area contributed by atoms with Crippen LogP contribution < -0.4 is 0 Å². The van der Waals surface area contributed by atoms with E-state index in [0.29, 0.717) is 18.8 Å². The molecule has 0 bridgehead atoms. The van der Waals surface area contributed by atoms with Gasteiger partial charge in [-0.25, -0.2) is 14.3 Å². The van der Waals surface area contributed by atoms with Crippen molar-refractivity contribution in [3.63, 3.8) is 0 Å². The molecule has 5 rings (SSSR count). The minimum Gasteiger partial charge on any atom is -0.475 e. The quantitative estimate of drug-likeness (QED) is 0.483. The van der Waals surface area contributed by atoms with Gasteiger partial charge in [-0.2, -0.15) is 18.3 Å². The predicted molar refractivity (Wildman–Crippen MR) is 112 cm³/mol. The largest absolute Gasteiger partial charge is 0.490 e. The molecule has 1 atom stereocenters. The van der Waals surface area contributed by atoms with Crippen LogP contribution in [0.15, 0.2) is 65.7 Å². The van der Waals surface area contributed by atoms with Crippen molar-refractivity contribution in [1.29, 1.82) is 0 Å². The van der Waals surface area contributed by atoms with Crippen LogP contribution in [0.3, 0.4) is 0 Å². The zero-order valence-electron chi connectivity index (χ0n) is 17.5. The first-order valence-corrected chi connectivity index (χ1v) is 10.1. The molecule has 0 aromatic carbocycles. The summed E-state index contributed by atoms with van der Waals surface area (Å²) in [4.78, 5) is 31.9. The molecular weight excluding hydrogens is 455 g/mol. The maximum Gasteiger partial charge on any atom is 0.490 e. The Morgan fingerprint density at radius 1 is 1.09 bits per heavy atom. The third kappa shape index (κ3) is 5.05. The highest BCUT2D eigenvalue weighted by molar-refractivity contribution is 5.91. The van der Waals surface area contributed by atoms with Crippen molar-refractivity contribution in [2.75, 3.05) is 13.1 Å². The van der Waals surface area contributed by atoms with E-state index in [9.17, 15) is 18.0 Å². The van der Waals surface area contributed by atoms with Gasteiger partial charge in [-0.1, -0.05) is 0 Å². The number of furan rings is 1. The third-order valence-electron chi connectivity index (χ3n) is 5.18. The van der Waals surface area contributed by atoms with Gasteiger partial charge in [0.15, 0.2) is 17.2 Å². The Morgan fingerprint density at radius 3 is 2.47 bits per heavy atom. The number of carbonyl (C=O) groups excluding carboxylic acids is 1. The zero-order chi connectivity index (χ0) is 24.3. The van der Waals surface area contributed by atoms with Crippen LogP contribution >= 0.6 is 0 Å². The fraction of sp³-hybridized carbons (Fsp3) is 0.227. The third-order valence-corrected chi connectivity index (χ3v) is 5.18. The van der Waals surface area contributed by atoms with Gasteiger partial charge in [-0.3, -0.25) is 9.78 Å². The van der Waals surface area contributed by atoms with E-state index in [-0.39, 0.29) is 11.8 Å². The molecule has 5 heterocycles. The van der Waals surface area contributed by atoms with E-state index in [1.165, 1.54) is 6.26 Å². The minimum absolute atomic E-state index is 0.0776. The summed E-state index contributed by atoms with van der Waals surface area (Å²) < 4.78 is 38.8. The first-order valence-electron chi connectivity index (χ1n) is 10.1. The molecule has 0 aliphatic carbocycles. The van der Waals surface area contributed by atoms with Crippen LogP contribution in [-0.4, -0.2) is 60.7 Å². The number of halogens is 3. The molecular formula is C22H18F3N5O4. The number of hydrogen-bond acceptors (Lipinski definition) is 6. The van der Waals surface area contributed by atoms with E-state index < -0.39 is 12.1 Å². The number of amides is 1. The number of rotatable bonds is 3. The van der Waals surface area contributed by atoms with E-state index in [1.807, 2.05) is 35.0 Å². The fourth-order valence-corrected chi connectivity index (χ4v) is 3.50. The number of carboxylic acids is 1. The van der Waals surface area contributed by atoms with E-state index in [4.69, 9.17) is 14.3 Å². The molecule has 4 aromatic rings. The lowest BCUT2D eigenvalue weighted by Crippen LogP contribution is -2.28. The van der Waals surface area contributed by atoms with Gasteiger partial charge in [0, 0.05) is 43.2 Å². The number of nitrogens with zero attached hydrogens (tertiary/aromatic N) is 5. The molecule has 1 unspecified atom stereocenters. The highest BCUT2D eigenvalue weighted by Gasteiger charge is 2.38. The average Bonchev–Trinajstić information content (AvgIpc) is 3.59. The Balaban J connectivity index is 0.000000344. The molecule has 1 N–H and O–H groups in total. The Morgan fingerprint density at radius 2 is 1.82 bits per heavy atom. The number of carboxylic acid groups (broad SMARTS) is 1. The topological polar surface area (TPSA) is 114 Å². The molecule has 0 saturated carbocycles. The van der Waals surface area contributed by atoms with Crippen molar-refractivity contribution in [1.82, 2.24) is 24.5 Å². The second-order valence-electron chi connectivity index (χ2n) is 7.44. The summed E-state index contributed by atoms with van der Waals surface area (Å²) in [6.07, 6.45) is 2.80. The number of aliphatic carboxylic acids is 1. The van der Waals surface area contributed by atoms with Crippen LogP contribution in [0.1, 0.15) is 28.7 Å². The monoisotopic (exact) mass is 473 g/mol. The van der Waals surface area contributed by atoms with E-state index in [0.717, 1.165) is 29.0 Å². The summed E-state index contributed by atoms with van der Waals surface area (Å²) in [7, 11) is 0. The Kier molecular flexibility index (Phi) is 6.30. The predicted octanol–water partition coefficient (Wildman–Crippen LogP) is 3.65. The van der Waals surface area contributed by atoms with Crippen LogP contribution in [0.2, 0.25) is 0 Å². The highest BCUT2D eigenvalue weighted by Crippen LogP contribution is 2.27. The van der Waals surface area contributed by atoms with E-state index in [2.05, 4.69) is 15.1 Å². The lowest BCUT2D eigenvalue weighted by Gasteiger charge is -2.13. The zero-order valence-corrected chi connectivity index (χ0v) is 17.5. The summed E-state index contributed by atoms with van der Waals surface area (Å²) in [6.45, 7) is 1.29. The van der Waals surface area contributed by atoms with E-state index >= 15 is 0 Å². The van der Waals surface area contributed by atoms with Crippen LogP contribution in [-0.2, 0) is 4.79 Å². The van der Waals surface area contributed by atoms with Gasteiger partial charge in [0.25, 0.3) is 5.91 Å². The smallest absolute Gasteiger partial charge is 0.475 e. The van der Waals surface area contributed by atoms with Crippen molar-refractivity contribution in [3.05, 3.63) is 72.8 Å². The van der Waals surface area contributed by atoms with Crippen molar-refractivity contribution >= 4 is 17.5 Å². The molecule has 176 valence electrons. The summed E-state index contributed by atoms with van der Waals surface area (Å²) in [6, 6.07) is 11.4. The lowest BCUT2D eigenvalue weighted by molar-refractivity contribution is -0.192. The summed E-state index contributed by atoms with van der Waals surface area (Å²) >= 11 is 0. The number of hydrogen-bond donors (Lipinski definition) is 1. The Bertz CT molecular complexity index is 1290. The number of likely N-dealkylation sites (tertiary alicyclic amines) is 1. The molecule has 1 saturated heterocycles. The number of carbonyl (C=O) groups is 2. The minimum atomic E-state index is -5.08. The Hall–Kier alpha value is -4.22. The van der Waals surface area contributed by atoms with Gasteiger partial charge in [0.2, 0.25) is 0 Å². The van der Waals surface area contributed by atoms with Crippen LogP contribution in [0, 0.1) is 0 Å². The van der Waals surface area contributed by atoms with E-state index in [1.54, 1.807) is 29.4 Å². The average molecular weight is 473 g/mol. The number of alkyl halides is 3. The molecule has 1 fully saturated rings. The molecule has 12 heteroatoms. The van der Waals surface area contributed by atoms with Crippen LogP contribution in [0.5, 0.6) is 0 Å². The second kappa shape index (κ2) is 9.33. The van der Waals surface area contributed by atoms with Gasteiger partial charge < -0.3 is 14.4 Å². The fourth-order valence-electron chi connectivity index (χ4n) is 3.50. The van der Waals surface area contributed by atoms with Gasteiger partial charge in [0.05, 0.1) is 6.26 Å². The summed E-state index contributed by atoms with van der Waals surface area (Å²) in [5.41, 5.74) is 2.95. The first-order chi connectivity index (χ1) is 16.2.